The lowest BCUT2D eigenvalue weighted by atomic mass is 9.97. The van der Waals surface area contributed by atoms with E-state index in [1.807, 2.05) is 19.1 Å². The number of pyridine rings is 3. The summed E-state index contributed by atoms with van der Waals surface area (Å²) >= 11 is 0. The molecule has 0 bridgehead atoms. The van der Waals surface area contributed by atoms with Crippen LogP contribution >= 0.6 is 0 Å². The minimum atomic E-state index is -4.26. The number of carbonyl (C=O) groups is 1. The zero-order valence-corrected chi connectivity index (χ0v) is 24.1. The first-order chi connectivity index (χ1) is 18.3. The number of sulfonamides is 1. The van der Waals surface area contributed by atoms with E-state index in [0.29, 0.717) is 35.6 Å². The average molecular weight is 552 g/mol. The molecule has 0 aliphatic carbocycles. The smallest absolute Gasteiger partial charge is 0.281 e. The zero-order chi connectivity index (χ0) is 28.5. The summed E-state index contributed by atoms with van der Waals surface area (Å²) in [4.78, 5) is 29.1. The van der Waals surface area contributed by atoms with Crippen molar-refractivity contribution in [2.45, 2.75) is 58.5 Å². The van der Waals surface area contributed by atoms with Crippen LogP contribution < -0.4 is 20.7 Å². The lowest BCUT2D eigenvalue weighted by Gasteiger charge is -2.34. The van der Waals surface area contributed by atoms with Gasteiger partial charge in [-0.2, -0.15) is 8.42 Å². The van der Waals surface area contributed by atoms with Crippen LogP contribution in [0.25, 0.3) is 11.4 Å². The lowest BCUT2D eigenvalue weighted by Crippen LogP contribution is -2.41. The van der Waals surface area contributed by atoms with Gasteiger partial charge < -0.3 is 16.0 Å². The standard InChI is InChI=1S/C28H37N7O3S/c1-17(2)15-30-23-13-10-19(4)25(33-23)21-12-11-20(26(31-21)35-16-18(3)14-28(35,5)6)27(36)34-39(37,38)24-9-7-8-22(29)32-24/h7-13,17-18H,14-16H2,1-6H3,(H2,29,32)(H,30,33)(H,34,36). The van der Waals surface area contributed by atoms with Crippen LogP contribution in [0.1, 0.15) is 57.0 Å². The summed E-state index contributed by atoms with van der Waals surface area (Å²) in [7, 11) is -4.26. The van der Waals surface area contributed by atoms with Gasteiger partial charge in [0.25, 0.3) is 15.9 Å². The highest BCUT2D eigenvalue weighted by molar-refractivity contribution is 7.90. The minimum absolute atomic E-state index is 0.0396. The Morgan fingerprint density at radius 3 is 2.51 bits per heavy atom. The molecule has 4 N–H and O–H groups in total. The Balaban J connectivity index is 1.77. The Kier molecular flexibility index (Phi) is 7.83. The molecular formula is C28H37N7O3S. The van der Waals surface area contributed by atoms with Gasteiger partial charge in [-0.3, -0.25) is 4.79 Å². The summed E-state index contributed by atoms with van der Waals surface area (Å²) in [6.07, 6.45) is 0.900. The topological polar surface area (TPSA) is 143 Å². The molecule has 1 aliphatic rings. The molecule has 1 unspecified atom stereocenters. The van der Waals surface area contributed by atoms with Crippen LogP contribution in [-0.4, -0.2) is 47.9 Å². The summed E-state index contributed by atoms with van der Waals surface area (Å²) in [5, 5.41) is 3.02. The van der Waals surface area contributed by atoms with Crippen LogP contribution in [-0.2, 0) is 10.0 Å². The molecule has 10 nitrogen and oxygen atoms in total. The second-order valence-electron chi connectivity index (χ2n) is 11.3. The fourth-order valence-corrected chi connectivity index (χ4v) is 5.87. The summed E-state index contributed by atoms with van der Waals surface area (Å²) in [6.45, 7) is 14.0. The number of aryl methyl sites for hydroxylation is 1. The van der Waals surface area contributed by atoms with Gasteiger partial charge in [-0.25, -0.2) is 19.7 Å². The molecule has 3 aromatic heterocycles. The first kappa shape index (κ1) is 28.3. The molecule has 4 rings (SSSR count). The molecule has 3 aromatic rings. The third-order valence-electron chi connectivity index (χ3n) is 6.73. The van der Waals surface area contributed by atoms with Gasteiger partial charge in [0.1, 0.15) is 17.5 Å². The van der Waals surface area contributed by atoms with E-state index in [-0.39, 0.29) is 21.9 Å². The Morgan fingerprint density at radius 2 is 1.87 bits per heavy atom. The molecule has 1 aliphatic heterocycles. The number of amides is 1. The normalized spacial score (nSPS) is 16.9. The fourth-order valence-electron chi connectivity index (χ4n) is 4.93. The van der Waals surface area contributed by atoms with Crippen molar-refractivity contribution in [2.24, 2.45) is 11.8 Å². The number of carbonyl (C=O) groups excluding carboxylic acids is 1. The van der Waals surface area contributed by atoms with E-state index in [9.17, 15) is 13.2 Å². The van der Waals surface area contributed by atoms with Crippen molar-refractivity contribution in [3.05, 3.63) is 53.6 Å². The van der Waals surface area contributed by atoms with Crippen LogP contribution in [0, 0.1) is 18.8 Å². The Labute approximate surface area is 230 Å². The highest BCUT2D eigenvalue weighted by atomic mass is 32.2. The van der Waals surface area contributed by atoms with Crippen molar-refractivity contribution in [3.63, 3.8) is 0 Å². The van der Waals surface area contributed by atoms with Crippen LogP contribution in [0.15, 0.2) is 47.5 Å². The predicted molar refractivity (Wildman–Crippen MR) is 154 cm³/mol. The third kappa shape index (κ3) is 6.30. The van der Waals surface area contributed by atoms with Gasteiger partial charge in [-0.05, 0) is 74.9 Å². The van der Waals surface area contributed by atoms with Gasteiger partial charge in [0, 0.05) is 18.6 Å². The largest absolute Gasteiger partial charge is 0.384 e. The van der Waals surface area contributed by atoms with Crippen molar-refractivity contribution < 1.29 is 13.2 Å². The SMILES string of the molecule is Cc1ccc(NCC(C)C)nc1-c1ccc(C(=O)NS(=O)(=O)c2cccc(N)n2)c(N2CC(C)CC2(C)C)n1. The lowest BCUT2D eigenvalue weighted by molar-refractivity contribution is 0.0981. The van der Waals surface area contributed by atoms with Gasteiger partial charge in [-0.1, -0.05) is 32.9 Å². The maximum absolute atomic E-state index is 13.5. The fraction of sp³-hybridized carbons (Fsp3) is 0.429. The molecule has 39 heavy (non-hydrogen) atoms. The van der Waals surface area contributed by atoms with E-state index in [4.69, 9.17) is 15.7 Å². The third-order valence-corrected chi connectivity index (χ3v) is 7.96. The summed E-state index contributed by atoms with van der Waals surface area (Å²) in [5.41, 5.74) is 7.75. The average Bonchev–Trinajstić information content (AvgIpc) is 3.14. The monoisotopic (exact) mass is 551 g/mol. The number of anilines is 3. The van der Waals surface area contributed by atoms with Crippen molar-refractivity contribution in [3.8, 4) is 11.4 Å². The van der Waals surface area contributed by atoms with E-state index < -0.39 is 15.9 Å². The number of aromatic nitrogens is 3. The summed E-state index contributed by atoms with van der Waals surface area (Å²) in [5.74, 6) is 1.22. The maximum Gasteiger partial charge on any atom is 0.281 e. The van der Waals surface area contributed by atoms with Crippen molar-refractivity contribution in [2.75, 3.05) is 29.0 Å². The van der Waals surface area contributed by atoms with Crippen LogP contribution in [0.4, 0.5) is 17.5 Å². The molecule has 0 spiro atoms. The second-order valence-corrected chi connectivity index (χ2v) is 12.9. The number of rotatable bonds is 8. The van der Waals surface area contributed by atoms with Crippen molar-refractivity contribution >= 4 is 33.4 Å². The molecule has 1 atom stereocenters. The summed E-state index contributed by atoms with van der Waals surface area (Å²) < 4.78 is 28.1. The highest BCUT2D eigenvalue weighted by Crippen LogP contribution is 2.38. The molecule has 0 aromatic carbocycles. The van der Waals surface area contributed by atoms with Gasteiger partial charge in [0.2, 0.25) is 0 Å². The molecule has 11 heteroatoms. The van der Waals surface area contributed by atoms with Gasteiger partial charge in [0.15, 0.2) is 5.03 Å². The van der Waals surface area contributed by atoms with E-state index >= 15 is 0 Å². The molecule has 1 amide bonds. The van der Waals surface area contributed by atoms with E-state index in [1.165, 1.54) is 18.2 Å². The highest BCUT2D eigenvalue weighted by Gasteiger charge is 2.39. The van der Waals surface area contributed by atoms with E-state index in [1.54, 1.807) is 12.1 Å². The maximum atomic E-state index is 13.5. The molecule has 4 heterocycles. The molecule has 0 radical (unpaired) electrons. The minimum Gasteiger partial charge on any atom is -0.384 e. The zero-order valence-electron chi connectivity index (χ0n) is 23.3. The molecule has 208 valence electrons. The molecular weight excluding hydrogens is 514 g/mol. The van der Waals surface area contributed by atoms with Crippen molar-refractivity contribution in [1.82, 2.24) is 19.7 Å². The number of nitrogens with two attached hydrogens (primary N) is 1. The van der Waals surface area contributed by atoms with E-state index in [0.717, 1.165) is 24.3 Å². The predicted octanol–water partition coefficient (Wildman–Crippen LogP) is 4.24. The first-order valence-electron chi connectivity index (χ1n) is 13.1. The number of nitrogens with zero attached hydrogens (tertiary/aromatic N) is 4. The Hall–Kier alpha value is -3.73. The van der Waals surface area contributed by atoms with Gasteiger partial charge in [0.05, 0.1) is 17.0 Å². The van der Waals surface area contributed by atoms with Crippen LogP contribution in [0.3, 0.4) is 0 Å². The first-order valence-corrected chi connectivity index (χ1v) is 14.6. The quantitative estimate of drug-likeness (QED) is 0.374. The molecule has 0 saturated carbocycles. The number of nitrogens with one attached hydrogen (secondary N) is 2. The summed E-state index contributed by atoms with van der Waals surface area (Å²) in [6, 6.07) is 11.5. The number of hydrogen-bond donors (Lipinski definition) is 3. The van der Waals surface area contributed by atoms with Crippen molar-refractivity contribution in [1.29, 1.82) is 0 Å². The van der Waals surface area contributed by atoms with Crippen LogP contribution in [0.5, 0.6) is 0 Å². The molecule has 1 saturated heterocycles. The number of nitrogen functional groups attached to an aromatic ring is 1. The number of hydrogen-bond acceptors (Lipinski definition) is 9. The Morgan fingerprint density at radius 1 is 1.13 bits per heavy atom. The van der Waals surface area contributed by atoms with E-state index in [2.05, 4.69) is 54.5 Å². The van der Waals surface area contributed by atoms with Gasteiger partial charge >= 0.3 is 0 Å². The second kappa shape index (κ2) is 10.8. The Bertz CT molecular complexity index is 1490. The molecule has 1 fully saturated rings. The van der Waals surface area contributed by atoms with Gasteiger partial charge in [-0.15, -0.1) is 0 Å². The van der Waals surface area contributed by atoms with Crippen LogP contribution in [0.2, 0.25) is 0 Å².